The normalized spacial score (nSPS) is 12.6. The van der Waals surface area contributed by atoms with Gasteiger partial charge in [0.05, 0.1) is 11.7 Å². The Labute approximate surface area is 111 Å². The van der Waals surface area contributed by atoms with Crippen LogP contribution in [0.1, 0.15) is 31.0 Å². The van der Waals surface area contributed by atoms with Crippen molar-refractivity contribution in [3.8, 4) is 0 Å². The highest BCUT2D eigenvalue weighted by molar-refractivity contribution is 7.98. The fraction of sp³-hybridized carbons (Fsp3) is 0.385. The van der Waals surface area contributed by atoms with Gasteiger partial charge in [-0.25, -0.2) is 0 Å². The number of aromatic nitrogens is 2. The molecule has 1 atom stereocenters. The van der Waals surface area contributed by atoms with Gasteiger partial charge >= 0.3 is 0 Å². The Kier molecular flexibility index (Phi) is 4.78. The van der Waals surface area contributed by atoms with E-state index in [2.05, 4.69) is 29.2 Å². The van der Waals surface area contributed by atoms with Crippen LogP contribution >= 0.6 is 11.8 Å². The minimum atomic E-state index is 0.174. The van der Waals surface area contributed by atoms with E-state index < -0.39 is 0 Å². The molecule has 0 fully saturated rings. The molecule has 1 unspecified atom stereocenters. The minimum absolute atomic E-state index is 0.174. The van der Waals surface area contributed by atoms with Crippen LogP contribution in [-0.4, -0.2) is 16.7 Å². The van der Waals surface area contributed by atoms with Crippen molar-refractivity contribution in [2.24, 2.45) is 5.73 Å². The number of hydrogen-bond acceptors (Lipinski definition) is 5. The van der Waals surface area contributed by atoms with Gasteiger partial charge < -0.3 is 10.3 Å². The summed E-state index contributed by atoms with van der Waals surface area (Å²) >= 11 is 1.70. The molecular formula is C13H17N3OS. The van der Waals surface area contributed by atoms with Gasteiger partial charge in [-0.2, -0.15) is 4.98 Å². The van der Waals surface area contributed by atoms with E-state index in [9.17, 15) is 0 Å². The summed E-state index contributed by atoms with van der Waals surface area (Å²) in [6.07, 6.45) is 0.921. The first-order valence-electron chi connectivity index (χ1n) is 6.04. The molecule has 0 bridgehead atoms. The Hall–Kier alpha value is -1.33. The molecule has 1 heterocycles. The van der Waals surface area contributed by atoms with Gasteiger partial charge in [0.1, 0.15) is 0 Å². The minimum Gasteiger partial charge on any atom is -0.339 e. The highest BCUT2D eigenvalue weighted by Gasteiger charge is 2.15. The van der Waals surface area contributed by atoms with Crippen molar-refractivity contribution in [2.45, 2.75) is 29.9 Å². The maximum atomic E-state index is 5.66. The molecule has 0 saturated carbocycles. The van der Waals surface area contributed by atoms with Crippen LogP contribution in [0.25, 0.3) is 0 Å². The molecule has 96 valence electrons. The van der Waals surface area contributed by atoms with E-state index >= 15 is 0 Å². The number of hydrogen-bond donors (Lipinski definition) is 1. The summed E-state index contributed by atoms with van der Waals surface area (Å²) in [5.41, 5.74) is 5.66. The smallest absolute Gasteiger partial charge is 0.231 e. The molecule has 1 aromatic carbocycles. The van der Waals surface area contributed by atoms with Gasteiger partial charge in [-0.15, -0.1) is 11.8 Å². The zero-order valence-corrected chi connectivity index (χ0v) is 11.2. The molecule has 0 saturated heterocycles. The Morgan fingerprint density at radius 1 is 1.33 bits per heavy atom. The van der Waals surface area contributed by atoms with Crippen LogP contribution in [0.2, 0.25) is 0 Å². The lowest BCUT2D eigenvalue weighted by atomic mass is 10.1. The molecule has 2 rings (SSSR count). The van der Waals surface area contributed by atoms with Gasteiger partial charge in [0.2, 0.25) is 5.89 Å². The van der Waals surface area contributed by atoms with E-state index in [1.54, 1.807) is 11.8 Å². The maximum Gasteiger partial charge on any atom is 0.231 e. The molecule has 0 aliphatic carbocycles. The average Bonchev–Trinajstić information content (AvgIpc) is 2.88. The molecule has 0 aliphatic heterocycles. The van der Waals surface area contributed by atoms with Crippen molar-refractivity contribution in [3.63, 3.8) is 0 Å². The highest BCUT2D eigenvalue weighted by Crippen LogP contribution is 2.22. The van der Waals surface area contributed by atoms with Crippen LogP contribution in [0.15, 0.2) is 39.8 Å². The van der Waals surface area contributed by atoms with E-state index in [1.807, 2.05) is 18.2 Å². The van der Waals surface area contributed by atoms with Crippen molar-refractivity contribution < 1.29 is 4.52 Å². The molecule has 0 aliphatic rings. The molecule has 4 nitrogen and oxygen atoms in total. The summed E-state index contributed by atoms with van der Waals surface area (Å²) in [6, 6.07) is 10.2. The van der Waals surface area contributed by atoms with Crippen molar-refractivity contribution in [2.75, 3.05) is 6.54 Å². The molecule has 0 radical (unpaired) electrons. The predicted octanol–water partition coefficient (Wildman–Crippen LogP) is 2.81. The fourth-order valence-electron chi connectivity index (χ4n) is 1.60. The molecule has 0 amide bonds. The number of rotatable bonds is 6. The molecule has 2 N–H and O–H groups in total. The summed E-state index contributed by atoms with van der Waals surface area (Å²) in [4.78, 5) is 5.59. The van der Waals surface area contributed by atoms with Crippen LogP contribution < -0.4 is 5.73 Å². The van der Waals surface area contributed by atoms with Gasteiger partial charge in [-0.05, 0) is 18.6 Å². The lowest BCUT2D eigenvalue weighted by Crippen LogP contribution is -2.11. The first-order chi connectivity index (χ1) is 8.83. The first kappa shape index (κ1) is 13.1. The van der Waals surface area contributed by atoms with Crippen molar-refractivity contribution in [1.82, 2.24) is 10.1 Å². The SMILES string of the molecule is CCC(CN)c1nc(CSc2ccccc2)no1. The van der Waals surface area contributed by atoms with E-state index in [0.29, 0.717) is 18.2 Å². The van der Waals surface area contributed by atoms with Gasteiger partial charge in [0.25, 0.3) is 0 Å². The number of thioether (sulfide) groups is 1. The van der Waals surface area contributed by atoms with E-state index in [-0.39, 0.29) is 5.92 Å². The molecule has 18 heavy (non-hydrogen) atoms. The Bertz CT molecular complexity index is 468. The van der Waals surface area contributed by atoms with Crippen LogP contribution in [0.5, 0.6) is 0 Å². The summed E-state index contributed by atoms with van der Waals surface area (Å²) < 4.78 is 5.24. The lowest BCUT2D eigenvalue weighted by molar-refractivity contribution is 0.348. The van der Waals surface area contributed by atoms with Crippen LogP contribution in [0.3, 0.4) is 0 Å². The summed E-state index contributed by atoms with van der Waals surface area (Å²) in [6.45, 7) is 2.62. The molecule has 2 aromatic rings. The Morgan fingerprint density at radius 2 is 2.11 bits per heavy atom. The number of benzene rings is 1. The predicted molar refractivity (Wildman–Crippen MR) is 72.4 cm³/mol. The topological polar surface area (TPSA) is 64.9 Å². The summed E-state index contributed by atoms with van der Waals surface area (Å²) in [5.74, 6) is 2.27. The first-order valence-corrected chi connectivity index (χ1v) is 7.02. The third-order valence-corrected chi connectivity index (χ3v) is 3.73. The fourth-order valence-corrected chi connectivity index (χ4v) is 2.36. The number of nitrogens with zero attached hydrogens (tertiary/aromatic N) is 2. The molecular weight excluding hydrogens is 246 g/mol. The van der Waals surface area contributed by atoms with Crippen molar-refractivity contribution >= 4 is 11.8 Å². The van der Waals surface area contributed by atoms with E-state index in [1.165, 1.54) is 4.90 Å². The maximum absolute atomic E-state index is 5.66. The lowest BCUT2D eigenvalue weighted by Gasteiger charge is -2.04. The van der Waals surface area contributed by atoms with Gasteiger partial charge in [-0.1, -0.05) is 30.3 Å². The highest BCUT2D eigenvalue weighted by atomic mass is 32.2. The average molecular weight is 263 g/mol. The summed E-state index contributed by atoms with van der Waals surface area (Å²) in [5, 5.41) is 3.99. The van der Waals surface area contributed by atoms with Crippen LogP contribution in [-0.2, 0) is 5.75 Å². The second-order valence-electron chi connectivity index (χ2n) is 3.99. The van der Waals surface area contributed by atoms with Crippen LogP contribution in [0.4, 0.5) is 0 Å². The van der Waals surface area contributed by atoms with E-state index in [4.69, 9.17) is 10.3 Å². The van der Waals surface area contributed by atoms with Gasteiger partial charge in [0.15, 0.2) is 5.82 Å². The quantitative estimate of drug-likeness (QED) is 0.812. The Balaban J connectivity index is 1.95. The van der Waals surface area contributed by atoms with Crippen molar-refractivity contribution in [3.05, 3.63) is 42.0 Å². The Morgan fingerprint density at radius 3 is 2.78 bits per heavy atom. The third-order valence-electron chi connectivity index (χ3n) is 2.72. The number of nitrogens with two attached hydrogens (primary N) is 1. The molecule has 0 spiro atoms. The van der Waals surface area contributed by atoms with E-state index in [0.717, 1.165) is 12.2 Å². The van der Waals surface area contributed by atoms with Crippen LogP contribution in [0, 0.1) is 0 Å². The van der Waals surface area contributed by atoms with Crippen molar-refractivity contribution in [1.29, 1.82) is 0 Å². The standard InChI is InChI=1S/C13H17N3OS/c1-2-10(8-14)13-15-12(16-17-13)9-18-11-6-4-3-5-7-11/h3-7,10H,2,8-9,14H2,1H3. The second kappa shape index (κ2) is 6.56. The van der Waals surface area contributed by atoms with Gasteiger partial charge in [0, 0.05) is 11.4 Å². The molecule has 5 heteroatoms. The largest absolute Gasteiger partial charge is 0.339 e. The van der Waals surface area contributed by atoms with Gasteiger partial charge in [-0.3, -0.25) is 0 Å². The summed E-state index contributed by atoms with van der Waals surface area (Å²) in [7, 11) is 0. The monoisotopic (exact) mass is 263 g/mol. The second-order valence-corrected chi connectivity index (χ2v) is 5.04. The zero-order valence-electron chi connectivity index (χ0n) is 10.4. The third kappa shape index (κ3) is 3.34. The molecule has 1 aromatic heterocycles. The zero-order chi connectivity index (χ0) is 12.8.